The molecule has 4 nitrogen and oxygen atoms in total. The van der Waals surface area contributed by atoms with Crippen molar-refractivity contribution in [1.82, 2.24) is 0 Å². The highest BCUT2D eigenvalue weighted by Gasteiger charge is 2.44. The van der Waals surface area contributed by atoms with Crippen molar-refractivity contribution in [2.75, 3.05) is 13.2 Å². The van der Waals surface area contributed by atoms with Crippen molar-refractivity contribution in [3.63, 3.8) is 0 Å². The lowest BCUT2D eigenvalue weighted by molar-refractivity contribution is 0.347. The van der Waals surface area contributed by atoms with E-state index in [9.17, 15) is 0 Å². The van der Waals surface area contributed by atoms with E-state index in [4.69, 9.17) is 18.6 Å². The Hall–Kier alpha value is -0.610. The molecule has 0 radical (unpaired) electrons. The molecule has 0 spiro atoms. The van der Waals surface area contributed by atoms with Crippen LogP contribution in [0.5, 0.6) is 0 Å². The zero-order chi connectivity index (χ0) is 8.39. The summed E-state index contributed by atoms with van der Waals surface area (Å²) in [6.07, 6.45) is 3.08. The molecule has 12 heavy (non-hydrogen) atoms. The lowest BCUT2D eigenvalue weighted by atomic mass is 9.53. The van der Waals surface area contributed by atoms with Crippen LogP contribution in [0.1, 0.15) is 6.92 Å². The van der Waals surface area contributed by atoms with E-state index in [1.165, 1.54) is 12.5 Å². The van der Waals surface area contributed by atoms with Gasteiger partial charge in [-0.2, -0.15) is 0 Å². The largest absolute Gasteiger partial charge is 0.594 e. The molecule has 2 heterocycles. The van der Waals surface area contributed by atoms with Gasteiger partial charge in [0.1, 0.15) is 0 Å². The van der Waals surface area contributed by atoms with E-state index in [1.54, 1.807) is 0 Å². The van der Waals surface area contributed by atoms with Crippen LogP contribution in [0, 0.1) is 0 Å². The van der Waals surface area contributed by atoms with E-state index >= 15 is 0 Å². The molecule has 2 aliphatic rings. The Morgan fingerprint density at radius 3 is 2.25 bits per heavy atom. The van der Waals surface area contributed by atoms with Crippen molar-refractivity contribution in [3.8, 4) is 0 Å². The minimum absolute atomic E-state index is 0.0995. The van der Waals surface area contributed by atoms with Gasteiger partial charge < -0.3 is 18.6 Å². The molecule has 64 valence electrons. The molecular weight excluding hydrogens is 158 g/mol. The molecule has 0 bridgehead atoms. The Kier molecular flexibility index (Phi) is 2.28. The summed E-state index contributed by atoms with van der Waals surface area (Å²) in [5.41, 5.74) is 0.0995. The lowest BCUT2D eigenvalue weighted by Gasteiger charge is -2.14. The molecule has 2 rings (SSSR count). The van der Waals surface area contributed by atoms with Crippen LogP contribution >= 0.6 is 0 Å². The average Bonchev–Trinajstić information content (AvgIpc) is 2.77. The van der Waals surface area contributed by atoms with Gasteiger partial charge in [-0.05, 0) is 0 Å². The summed E-state index contributed by atoms with van der Waals surface area (Å²) < 4.78 is 21.0. The van der Waals surface area contributed by atoms with Crippen LogP contribution < -0.4 is 0 Å². The third-order valence-electron chi connectivity index (χ3n) is 1.99. The fraction of sp³-hybridized carbons (Fsp3) is 0.667. The first kappa shape index (κ1) is 8.01. The van der Waals surface area contributed by atoms with Crippen molar-refractivity contribution in [2.24, 2.45) is 0 Å². The van der Waals surface area contributed by atoms with E-state index in [-0.39, 0.29) is 20.0 Å². The van der Waals surface area contributed by atoms with Crippen molar-refractivity contribution in [2.45, 2.75) is 12.6 Å². The van der Waals surface area contributed by atoms with Crippen molar-refractivity contribution >= 4 is 14.2 Å². The summed E-state index contributed by atoms with van der Waals surface area (Å²) >= 11 is 0. The van der Waals surface area contributed by atoms with Crippen molar-refractivity contribution in [1.29, 1.82) is 0 Å². The summed E-state index contributed by atoms with van der Waals surface area (Å²) in [4.78, 5) is 0. The number of hydrogen-bond acceptors (Lipinski definition) is 4. The fourth-order valence-corrected chi connectivity index (χ4v) is 1.31. The second-order valence-electron chi connectivity index (χ2n) is 2.88. The predicted molar refractivity (Wildman–Crippen MR) is 44.1 cm³/mol. The topological polar surface area (TPSA) is 36.9 Å². The molecule has 6 heteroatoms. The highest BCUT2D eigenvalue weighted by atomic mass is 16.6. The maximum absolute atomic E-state index is 5.32. The normalized spacial score (nSPS) is 24.1. The molecule has 1 fully saturated rings. The molecule has 1 atom stereocenters. The van der Waals surface area contributed by atoms with E-state index in [0.717, 1.165) is 0 Å². The third-order valence-corrected chi connectivity index (χ3v) is 1.99. The van der Waals surface area contributed by atoms with Gasteiger partial charge in [0.05, 0.1) is 31.5 Å². The molecule has 1 unspecified atom stereocenters. The van der Waals surface area contributed by atoms with Gasteiger partial charge in [0, 0.05) is 0 Å². The standard InChI is InChI=1S/C6H10B2O4/c1-6(7-9-2-3-10-7)8-11-4-5-12-8/h2-3,6H,4-5H2,1H3. The molecular formula is C6H10B2O4. The third kappa shape index (κ3) is 1.44. The summed E-state index contributed by atoms with van der Waals surface area (Å²) in [7, 11) is -0.442. The molecule has 0 amide bonds. The smallest absolute Gasteiger partial charge is 0.529 e. The molecule has 1 saturated heterocycles. The predicted octanol–water partition coefficient (Wildman–Crippen LogP) is 0.457. The van der Waals surface area contributed by atoms with E-state index in [2.05, 4.69) is 0 Å². The van der Waals surface area contributed by atoms with Gasteiger partial charge in [0.2, 0.25) is 0 Å². The summed E-state index contributed by atoms with van der Waals surface area (Å²) in [5, 5.41) is 0. The summed E-state index contributed by atoms with van der Waals surface area (Å²) in [5.74, 6) is 0. The van der Waals surface area contributed by atoms with Crippen LogP contribution in [0.2, 0.25) is 5.72 Å². The maximum atomic E-state index is 5.32. The molecule has 0 saturated carbocycles. The summed E-state index contributed by atoms with van der Waals surface area (Å²) in [6, 6.07) is 0. The molecule has 0 aromatic heterocycles. The zero-order valence-electron chi connectivity index (χ0n) is 6.93. The van der Waals surface area contributed by atoms with E-state index in [0.29, 0.717) is 13.2 Å². The minimum Gasteiger partial charge on any atom is -0.529 e. The molecule has 2 aliphatic heterocycles. The second-order valence-corrected chi connectivity index (χ2v) is 2.88. The van der Waals surface area contributed by atoms with Gasteiger partial charge in [0.25, 0.3) is 0 Å². The Morgan fingerprint density at radius 2 is 1.67 bits per heavy atom. The van der Waals surface area contributed by atoms with Crippen LogP contribution in [0.15, 0.2) is 12.5 Å². The quantitative estimate of drug-likeness (QED) is 0.560. The van der Waals surface area contributed by atoms with Gasteiger partial charge in [-0.25, -0.2) is 0 Å². The maximum Gasteiger partial charge on any atom is 0.594 e. The number of rotatable bonds is 2. The molecule has 0 aliphatic carbocycles. The summed E-state index contributed by atoms with van der Waals surface area (Å²) in [6.45, 7) is 3.30. The van der Waals surface area contributed by atoms with Gasteiger partial charge in [-0.15, -0.1) is 0 Å². The van der Waals surface area contributed by atoms with Gasteiger partial charge in [-0.1, -0.05) is 6.92 Å². The Morgan fingerprint density at radius 1 is 1.08 bits per heavy atom. The van der Waals surface area contributed by atoms with Crippen LogP contribution in [-0.2, 0) is 18.6 Å². The van der Waals surface area contributed by atoms with Crippen LogP contribution in [-0.4, -0.2) is 27.5 Å². The second kappa shape index (κ2) is 3.41. The monoisotopic (exact) mass is 168 g/mol. The van der Waals surface area contributed by atoms with Gasteiger partial charge in [-0.3, -0.25) is 0 Å². The SMILES string of the molecule is CC(B1OC=CO1)B1OCCO1. The molecule has 0 aromatic carbocycles. The lowest BCUT2D eigenvalue weighted by Crippen LogP contribution is -2.34. The van der Waals surface area contributed by atoms with Crippen LogP contribution in [0.25, 0.3) is 0 Å². The Bertz CT molecular complexity index is 170. The first-order valence-electron chi connectivity index (χ1n) is 4.07. The molecule has 0 N–H and O–H groups in total. The first-order valence-corrected chi connectivity index (χ1v) is 4.07. The van der Waals surface area contributed by atoms with E-state index < -0.39 is 0 Å². The first-order chi connectivity index (χ1) is 5.88. The van der Waals surface area contributed by atoms with Gasteiger partial charge in [0.15, 0.2) is 0 Å². The Balaban J connectivity index is 1.85. The van der Waals surface area contributed by atoms with Crippen LogP contribution in [0.4, 0.5) is 0 Å². The van der Waals surface area contributed by atoms with Gasteiger partial charge >= 0.3 is 14.2 Å². The van der Waals surface area contributed by atoms with Crippen molar-refractivity contribution < 1.29 is 18.6 Å². The highest BCUT2D eigenvalue weighted by molar-refractivity contribution is 6.68. The van der Waals surface area contributed by atoms with Crippen molar-refractivity contribution in [3.05, 3.63) is 12.5 Å². The minimum atomic E-state index is -0.256. The zero-order valence-corrected chi connectivity index (χ0v) is 6.93. The molecule has 0 aromatic rings. The number of hydrogen-bond donors (Lipinski definition) is 0. The van der Waals surface area contributed by atoms with E-state index in [1.807, 2.05) is 6.92 Å². The highest BCUT2D eigenvalue weighted by Crippen LogP contribution is 2.22. The van der Waals surface area contributed by atoms with Crippen LogP contribution in [0.3, 0.4) is 0 Å². The Labute approximate surface area is 72.1 Å². The average molecular weight is 168 g/mol. The fourth-order valence-electron chi connectivity index (χ4n) is 1.31.